The predicted octanol–water partition coefficient (Wildman–Crippen LogP) is 7.09. The van der Waals surface area contributed by atoms with E-state index in [4.69, 9.17) is 12.6 Å². The number of hydrogen-bond acceptors (Lipinski definition) is 2. The lowest BCUT2D eigenvalue weighted by atomic mass is 10.0. The van der Waals surface area contributed by atoms with Gasteiger partial charge in [0.25, 0.3) is 0 Å². The van der Waals surface area contributed by atoms with Gasteiger partial charge < -0.3 is 0 Å². The molecule has 0 aromatic rings. The molecule has 20 heavy (non-hydrogen) atoms. The first-order valence-electron chi connectivity index (χ1n) is 9.10. The van der Waals surface area contributed by atoms with E-state index in [-0.39, 0.29) is 0 Å². The van der Waals surface area contributed by atoms with E-state index in [1.807, 2.05) is 0 Å². The van der Waals surface area contributed by atoms with E-state index in [0.717, 1.165) is 5.75 Å². The van der Waals surface area contributed by atoms with Crippen molar-refractivity contribution in [1.82, 2.24) is 0 Å². The van der Waals surface area contributed by atoms with Crippen molar-refractivity contribution >= 4 is 25.3 Å². The van der Waals surface area contributed by atoms with Gasteiger partial charge in [-0.15, -0.1) is 0 Å². The molecule has 0 aliphatic carbocycles. The molecule has 0 N–H and O–H groups in total. The molecule has 0 nitrogen and oxygen atoms in total. The summed E-state index contributed by atoms with van der Waals surface area (Å²) in [7, 11) is 0. The fourth-order valence-electron chi connectivity index (χ4n) is 2.68. The monoisotopic (exact) mass is 318 g/mol. The van der Waals surface area contributed by atoms with E-state index in [0.29, 0.717) is 5.25 Å². The topological polar surface area (TPSA) is 0 Å². The molecule has 2 heteroatoms. The van der Waals surface area contributed by atoms with Crippen molar-refractivity contribution in [1.29, 1.82) is 0 Å². The SMILES string of the molecule is CCCCCCCCC(S)CCCCCCCCCS. The van der Waals surface area contributed by atoms with Gasteiger partial charge in [-0.2, -0.15) is 25.3 Å². The van der Waals surface area contributed by atoms with E-state index in [1.54, 1.807) is 0 Å². The second kappa shape index (κ2) is 17.8. The number of rotatable bonds is 16. The number of hydrogen-bond donors (Lipinski definition) is 2. The lowest BCUT2D eigenvalue weighted by molar-refractivity contribution is 0.540. The third-order valence-corrected chi connectivity index (χ3v) is 4.92. The van der Waals surface area contributed by atoms with Gasteiger partial charge in [-0.25, -0.2) is 0 Å². The summed E-state index contributed by atoms with van der Waals surface area (Å²) in [6.07, 6.45) is 20.8. The first-order valence-corrected chi connectivity index (χ1v) is 10.2. The summed E-state index contributed by atoms with van der Waals surface area (Å²) >= 11 is 8.98. The number of unbranched alkanes of at least 4 members (excludes halogenated alkanes) is 11. The third kappa shape index (κ3) is 16.8. The number of thiol groups is 2. The van der Waals surface area contributed by atoms with E-state index >= 15 is 0 Å². The Kier molecular flexibility index (Phi) is 18.4. The molecule has 0 aliphatic rings. The summed E-state index contributed by atoms with van der Waals surface area (Å²) in [5, 5.41) is 0.658. The zero-order valence-corrected chi connectivity index (χ0v) is 15.6. The maximum Gasteiger partial charge on any atom is 0.00168 e. The van der Waals surface area contributed by atoms with Gasteiger partial charge in [0, 0.05) is 5.25 Å². The van der Waals surface area contributed by atoms with Crippen molar-refractivity contribution in [2.45, 2.75) is 108 Å². The molecule has 0 saturated carbocycles. The average molecular weight is 319 g/mol. The molecular weight excluding hydrogens is 280 g/mol. The van der Waals surface area contributed by atoms with Gasteiger partial charge in [0.15, 0.2) is 0 Å². The summed E-state index contributed by atoms with van der Waals surface area (Å²) in [5.41, 5.74) is 0. The molecule has 122 valence electrons. The van der Waals surface area contributed by atoms with Crippen molar-refractivity contribution in [2.75, 3.05) is 5.75 Å². The van der Waals surface area contributed by atoms with Gasteiger partial charge in [-0.05, 0) is 25.0 Å². The Hall–Kier alpha value is 0.700. The Labute approximate surface area is 139 Å². The van der Waals surface area contributed by atoms with Gasteiger partial charge >= 0.3 is 0 Å². The first kappa shape index (κ1) is 20.7. The molecule has 0 rings (SSSR count). The van der Waals surface area contributed by atoms with Crippen LogP contribution in [-0.4, -0.2) is 11.0 Å². The Bertz CT molecular complexity index is 171. The summed E-state index contributed by atoms with van der Waals surface area (Å²) in [6.45, 7) is 2.28. The maximum atomic E-state index is 4.74. The molecule has 0 aromatic heterocycles. The second-order valence-electron chi connectivity index (χ2n) is 6.20. The molecule has 0 saturated heterocycles. The Balaban J connectivity index is 3.10. The quantitative estimate of drug-likeness (QED) is 0.220. The van der Waals surface area contributed by atoms with Crippen molar-refractivity contribution in [2.24, 2.45) is 0 Å². The summed E-state index contributed by atoms with van der Waals surface area (Å²) in [4.78, 5) is 0. The van der Waals surface area contributed by atoms with Crippen molar-refractivity contribution in [3.8, 4) is 0 Å². The summed E-state index contributed by atoms with van der Waals surface area (Å²) in [5.74, 6) is 1.06. The zero-order chi connectivity index (χ0) is 14.9. The molecule has 0 aromatic carbocycles. The summed E-state index contributed by atoms with van der Waals surface area (Å²) < 4.78 is 0. The zero-order valence-electron chi connectivity index (χ0n) is 13.8. The predicted molar refractivity (Wildman–Crippen MR) is 102 cm³/mol. The molecule has 0 bridgehead atoms. The third-order valence-electron chi connectivity index (χ3n) is 4.09. The average Bonchev–Trinajstić information content (AvgIpc) is 2.45. The normalized spacial score (nSPS) is 12.8. The minimum absolute atomic E-state index is 0.658. The van der Waals surface area contributed by atoms with Crippen molar-refractivity contribution < 1.29 is 0 Å². The Morgan fingerprint density at radius 2 is 1.00 bits per heavy atom. The molecular formula is C18H38S2. The second-order valence-corrected chi connectivity index (χ2v) is 7.37. The lowest BCUT2D eigenvalue weighted by Crippen LogP contribution is -1.98. The minimum atomic E-state index is 0.658. The van der Waals surface area contributed by atoms with Crippen LogP contribution in [0.2, 0.25) is 0 Å². The maximum absolute atomic E-state index is 4.74. The van der Waals surface area contributed by atoms with Crippen LogP contribution in [0.1, 0.15) is 103 Å². The van der Waals surface area contributed by atoms with Gasteiger partial charge in [0.05, 0.1) is 0 Å². The molecule has 0 radical (unpaired) electrons. The molecule has 0 aliphatic heterocycles. The van der Waals surface area contributed by atoms with Crippen LogP contribution in [0.3, 0.4) is 0 Å². The van der Waals surface area contributed by atoms with E-state index in [9.17, 15) is 0 Å². The van der Waals surface area contributed by atoms with E-state index in [2.05, 4.69) is 19.6 Å². The van der Waals surface area contributed by atoms with Crippen molar-refractivity contribution in [3.05, 3.63) is 0 Å². The van der Waals surface area contributed by atoms with Crippen LogP contribution in [-0.2, 0) is 0 Å². The highest BCUT2D eigenvalue weighted by Crippen LogP contribution is 2.17. The molecule has 0 amide bonds. The van der Waals surface area contributed by atoms with Crippen LogP contribution >= 0.6 is 25.3 Å². The lowest BCUT2D eigenvalue weighted by Gasteiger charge is -2.10. The van der Waals surface area contributed by atoms with Gasteiger partial charge in [0.1, 0.15) is 0 Å². The molecule has 1 atom stereocenters. The highest BCUT2D eigenvalue weighted by molar-refractivity contribution is 7.81. The fraction of sp³-hybridized carbons (Fsp3) is 1.00. The molecule has 0 heterocycles. The summed E-state index contributed by atoms with van der Waals surface area (Å²) in [6, 6.07) is 0. The largest absolute Gasteiger partial charge is 0.179 e. The minimum Gasteiger partial charge on any atom is -0.179 e. The van der Waals surface area contributed by atoms with Crippen LogP contribution < -0.4 is 0 Å². The smallest absolute Gasteiger partial charge is 0.00168 e. The van der Waals surface area contributed by atoms with Crippen LogP contribution in [0, 0.1) is 0 Å². The van der Waals surface area contributed by atoms with Gasteiger partial charge in [0.2, 0.25) is 0 Å². The standard InChI is InChI=1S/C18H38S2/c1-2-3-4-5-9-12-15-18(20)16-13-10-7-6-8-11-14-17-19/h18-20H,2-17H2,1H3. The highest BCUT2D eigenvalue weighted by Gasteiger charge is 2.02. The first-order chi connectivity index (χ1) is 9.81. The Morgan fingerprint density at radius 1 is 0.600 bits per heavy atom. The van der Waals surface area contributed by atoms with E-state index < -0.39 is 0 Å². The van der Waals surface area contributed by atoms with Crippen LogP contribution in [0.15, 0.2) is 0 Å². The fourth-order valence-corrected chi connectivity index (χ4v) is 3.27. The van der Waals surface area contributed by atoms with E-state index in [1.165, 1.54) is 96.3 Å². The van der Waals surface area contributed by atoms with Crippen LogP contribution in [0.4, 0.5) is 0 Å². The molecule has 0 fully saturated rings. The van der Waals surface area contributed by atoms with Crippen molar-refractivity contribution in [3.63, 3.8) is 0 Å². The molecule has 1 unspecified atom stereocenters. The Morgan fingerprint density at radius 3 is 1.45 bits per heavy atom. The van der Waals surface area contributed by atoms with Crippen LogP contribution in [0.5, 0.6) is 0 Å². The highest BCUT2D eigenvalue weighted by atomic mass is 32.1. The van der Waals surface area contributed by atoms with Crippen LogP contribution in [0.25, 0.3) is 0 Å². The van der Waals surface area contributed by atoms with Gasteiger partial charge in [-0.3, -0.25) is 0 Å². The molecule has 0 spiro atoms. The van der Waals surface area contributed by atoms with Gasteiger partial charge in [-0.1, -0.05) is 84.0 Å².